The molecule has 0 unspecified atom stereocenters. The summed E-state index contributed by atoms with van der Waals surface area (Å²) in [5.41, 5.74) is -0.649. The van der Waals surface area contributed by atoms with Gasteiger partial charge in [0, 0.05) is 0 Å². The molecule has 0 fully saturated rings. The predicted molar refractivity (Wildman–Crippen MR) is 75.0 cm³/mol. The normalized spacial score (nSPS) is 12.1. The van der Waals surface area contributed by atoms with E-state index < -0.39 is 47.2 Å². The number of rotatable bonds is 4. The van der Waals surface area contributed by atoms with Crippen molar-refractivity contribution in [1.29, 1.82) is 0 Å². The molecule has 0 bridgehead atoms. The van der Waals surface area contributed by atoms with Crippen LogP contribution in [0.25, 0.3) is 0 Å². The van der Waals surface area contributed by atoms with Crippen LogP contribution < -0.4 is 9.86 Å². The van der Waals surface area contributed by atoms with Gasteiger partial charge in [0.25, 0.3) is 10.0 Å². The van der Waals surface area contributed by atoms with E-state index in [0.29, 0.717) is 0 Å². The van der Waals surface area contributed by atoms with Crippen LogP contribution >= 0.6 is 0 Å². The van der Waals surface area contributed by atoms with E-state index in [2.05, 4.69) is 0 Å². The zero-order chi connectivity index (χ0) is 16.5. The molecule has 0 aliphatic rings. The third-order valence-corrected chi connectivity index (χ3v) is 5.16. The van der Waals surface area contributed by atoms with Crippen molar-refractivity contribution in [2.75, 3.05) is 4.72 Å². The van der Waals surface area contributed by atoms with Crippen LogP contribution in [0, 0.1) is 11.6 Å². The summed E-state index contributed by atoms with van der Waals surface area (Å²) in [6.45, 7) is 0. The Morgan fingerprint density at radius 3 is 2.05 bits per heavy atom. The fourth-order valence-corrected chi connectivity index (χ4v) is 4.13. The first-order chi connectivity index (χ1) is 10.1. The Kier molecular flexibility index (Phi) is 4.18. The van der Waals surface area contributed by atoms with Crippen LogP contribution in [0.4, 0.5) is 14.5 Å². The fraction of sp³-hybridized carbons (Fsp3) is 0. The molecule has 0 atom stereocenters. The van der Waals surface area contributed by atoms with Gasteiger partial charge in [-0.2, -0.15) is 0 Å². The van der Waals surface area contributed by atoms with Crippen LogP contribution in [0.3, 0.4) is 0 Å². The summed E-state index contributed by atoms with van der Waals surface area (Å²) in [4.78, 5) is -1.32. The largest absolute Gasteiger partial charge is 0.277 e. The Hall–Kier alpha value is -2.04. The number of benzene rings is 2. The average molecular weight is 348 g/mol. The number of nitrogens with one attached hydrogen (secondary N) is 1. The van der Waals surface area contributed by atoms with Gasteiger partial charge in [0.2, 0.25) is 10.0 Å². The summed E-state index contributed by atoms with van der Waals surface area (Å²) in [6, 6.07) is 7.43. The van der Waals surface area contributed by atoms with Gasteiger partial charge in [0.1, 0.15) is 9.79 Å². The number of hydrogen-bond donors (Lipinski definition) is 2. The molecule has 2 aromatic carbocycles. The maximum atomic E-state index is 13.5. The summed E-state index contributed by atoms with van der Waals surface area (Å²) in [5, 5.41) is 4.95. The predicted octanol–water partition coefficient (Wildman–Crippen LogP) is 1.41. The van der Waals surface area contributed by atoms with E-state index in [1.807, 2.05) is 0 Å². The number of hydrogen-bond acceptors (Lipinski definition) is 4. The van der Waals surface area contributed by atoms with E-state index in [-0.39, 0.29) is 0 Å². The highest BCUT2D eigenvalue weighted by atomic mass is 32.2. The Labute approximate surface area is 125 Å². The zero-order valence-electron chi connectivity index (χ0n) is 10.8. The molecule has 0 aromatic heterocycles. The minimum atomic E-state index is -4.48. The molecule has 2 aromatic rings. The highest BCUT2D eigenvalue weighted by Gasteiger charge is 2.25. The SMILES string of the molecule is NS(=O)(=O)c1ccccc1S(=O)(=O)Nc1cccc(F)c1F. The van der Waals surface area contributed by atoms with Gasteiger partial charge in [-0.05, 0) is 24.3 Å². The van der Waals surface area contributed by atoms with Crippen molar-refractivity contribution >= 4 is 25.7 Å². The van der Waals surface area contributed by atoms with Crippen molar-refractivity contribution in [3.8, 4) is 0 Å². The molecule has 0 heterocycles. The van der Waals surface area contributed by atoms with Crippen LogP contribution in [-0.2, 0) is 20.0 Å². The lowest BCUT2D eigenvalue weighted by Crippen LogP contribution is -2.21. The second-order valence-electron chi connectivity index (χ2n) is 4.20. The van der Waals surface area contributed by atoms with Gasteiger partial charge >= 0.3 is 0 Å². The van der Waals surface area contributed by atoms with E-state index in [1.54, 1.807) is 4.72 Å². The topological polar surface area (TPSA) is 106 Å². The molecule has 0 saturated heterocycles. The van der Waals surface area contributed by atoms with Gasteiger partial charge in [0.05, 0.1) is 5.69 Å². The van der Waals surface area contributed by atoms with Gasteiger partial charge in [0.15, 0.2) is 11.6 Å². The molecule has 118 valence electrons. The van der Waals surface area contributed by atoms with Crippen LogP contribution in [0.15, 0.2) is 52.3 Å². The molecule has 0 amide bonds. The number of primary sulfonamides is 1. The maximum Gasteiger partial charge on any atom is 0.263 e. The van der Waals surface area contributed by atoms with E-state index in [4.69, 9.17) is 5.14 Å². The standard InChI is InChI=1S/C12H10F2N2O4S2/c13-8-4-3-5-9(12(8)14)16-22(19,20)11-7-2-1-6-10(11)21(15,17)18/h1-7,16H,(H2,15,17,18). The van der Waals surface area contributed by atoms with E-state index in [1.165, 1.54) is 12.1 Å². The highest BCUT2D eigenvalue weighted by molar-refractivity contribution is 7.94. The van der Waals surface area contributed by atoms with Crippen LogP contribution in [0.1, 0.15) is 0 Å². The van der Waals surface area contributed by atoms with Crippen LogP contribution in [0.2, 0.25) is 0 Å². The van der Waals surface area contributed by atoms with Gasteiger partial charge in [-0.3, -0.25) is 4.72 Å². The quantitative estimate of drug-likeness (QED) is 0.871. The summed E-state index contributed by atoms with van der Waals surface area (Å²) in [5.74, 6) is -2.65. The van der Waals surface area contributed by atoms with E-state index >= 15 is 0 Å². The molecule has 0 aliphatic heterocycles. The van der Waals surface area contributed by atoms with Crippen molar-refractivity contribution in [2.45, 2.75) is 9.79 Å². The molecular formula is C12H10F2N2O4S2. The lowest BCUT2D eigenvalue weighted by molar-refractivity contribution is 0.511. The summed E-state index contributed by atoms with van der Waals surface area (Å²) in [7, 11) is -8.80. The summed E-state index contributed by atoms with van der Waals surface area (Å²) < 4.78 is 75.7. The number of nitrogens with two attached hydrogens (primary N) is 1. The smallest absolute Gasteiger partial charge is 0.263 e. The van der Waals surface area contributed by atoms with Crippen LogP contribution in [-0.4, -0.2) is 16.8 Å². The second-order valence-corrected chi connectivity index (χ2v) is 7.38. The van der Waals surface area contributed by atoms with E-state index in [9.17, 15) is 25.6 Å². The first-order valence-corrected chi connectivity index (χ1v) is 8.74. The Morgan fingerprint density at radius 2 is 1.45 bits per heavy atom. The first-order valence-electron chi connectivity index (χ1n) is 5.71. The molecule has 6 nitrogen and oxygen atoms in total. The lowest BCUT2D eigenvalue weighted by Gasteiger charge is -2.11. The Balaban J connectivity index is 2.56. The maximum absolute atomic E-state index is 13.5. The highest BCUT2D eigenvalue weighted by Crippen LogP contribution is 2.24. The lowest BCUT2D eigenvalue weighted by atomic mass is 10.3. The van der Waals surface area contributed by atoms with Gasteiger partial charge in [-0.25, -0.2) is 30.8 Å². The molecule has 0 aliphatic carbocycles. The van der Waals surface area contributed by atoms with Crippen molar-refractivity contribution in [3.63, 3.8) is 0 Å². The molecule has 10 heteroatoms. The Bertz CT molecular complexity index is 928. The van der Waals surface area contributed by atoms with Gasteiger partial charge in [-0.15, -0.1) is 0 Å². The monoisotopic (exact) mass is 348 g/mol. The van der Waals surface area contributed by atoms with E-state index in [0.717, 1.165) is 30.3 Å². The summed E-state index contributed by atoms with van der Waals surface area (Å²) in [6.07, 6.45) is 0. The third kappa shape index (κ3) is 3.24. The molecule has 0 saturated carbocycles. The zero-order valence-corrected chi connectivity index (χ0v) is 12.5. The second kappa shape index (κ2) is 5.63. The fourth-order valence-electron chi connectivity index (χ4n) is 1.69. The minimum Gasteiger partial charge on any atom is -0.277 e. The Morgan fingerprint density at radius 1 is 0.864 bits per heavy atom. The van der Waals surface area contributed by atoms with Crippen molar-refractivity contribution in [2.24, 2.45) is 5.14 Å². The van der Waals surface area contributed by atoms with Crippen molar-refractivity contribution in [1.82, 2.24) is 0 Å². The third-order valence-electron chi connectivity index (χ3n) is 2.64. The first kappa shape index (κ1) is 16.3. The molecule has 3 N–H and O–H groups in total. The van der Waals surface area contributed by atoms with Crippen LogP contribution in [0.5, 0.6) is 0 Å². The number of halogens is 2. The number of anilines is 1. The molecule has 0 radical (unpaired) electrons. The molecular weight excluding hydrogens is 338 g/mol. The summed E-state index contributed by atoms with van der Waals surface area (Å²) >= 11 is 0. The van der Waals surface area contributed by atoms with Crippen molar-refractivity contribution in [3.05, 3.63) is 54.1 Å². The van der Waals surface area contributed by atoms with Gasteiger partial charge < -0.3 is 0 Å². The molecule has 2 rings (SSSR count). The average Bonchev–Trinajstić information content (AvgIpc) is 2.43. The molecule has 22 heavy (non-hydrogen) atoms. The molecule has 0 spiro atoms. The van der Waals surface area contributed by atoms with Crippen molar-refractivity contribution < 1.29 is 25.6 Å². The number of sulfonamides is 2. The van der Waals surface area contributed by atoms with Gasteiger partial charge in [-0.1, -0.05) is 18.2 Å². The minimum absolute atomic E-state index is 0.649.